The van der Waals surface area contributed by atoms with Crippen LogP contribution in [-0.2, 0) is 23.5 Å². The van der Waals surface area contributed by atoms with Gasteiger partial charge in [-0.1, -0.05) is 82.7 Å². The monoisotopic (exact) mass is 720 g/mol. The van der Waals surface area contributed by atoms with Gasteiger partial charge < -0.3 is 26.2 Å². The van der Waals surface area contributed by atoms with Gasteiger partial charge in [0.25, 0.3) is 11.8 Å². The van der Waals surface area contributed by atoms with Crippen molar-refractivity contribution in [3.05, 3.63) is 148 Å². The quantitative estimate of drug-likeness (QED) is 0.0911. The molecule has 11 heteroatoms. The highest BCUT2D eigenvalue weighted by Crippen LogP contribution is 2.46. The molecule has 4 aromatic carbocycles. The van der Waals surface area contributed by atoms with Crippen molar-refractivity contribution in [1.82, 2.24) is 15.0 Å². The van der Waals surface area contributed by atoms with Crippen molar-refractivity contribution < 1.29 is 19.8 Å². The molecule has 0 radical (unpaired) electrons. The molecular formula is C38H37BrN6O4. The second-order valence-electron chi connectivity index (χ2n) is 12.2. The molecule has 10 nitrogen and oxygen atoms in total. The van der Waals surface area contributed by atoms with Crippen LogP contribution in [-0.4, -0.2) is 43.6 Å². The first-order chi connectivity index (χ1) is 23.7. The van der Waals surface area contributed by atoms with Crippen molar-refractivity contribution in [2.24, 2.45) is 5.92 Å². The molecular weight excluding hydrogens is 684 g/mol. The Hall–Kier alpha value is -5.10. The number of hydrogen-bond acceptors (Lipinski definition) is 7. The number of aliphatic hydroxyl groups is 2. The Kier molecular flexibility index (Phi) is 10.0. The van der Waals surface area contributed by atoms with Crippen molar-refractivity contribution in [3.8, 4) is 0 Å². The Labute approximate surface area is 293 Å². The molecule has 5 aromatic rings. The number of nitrogen functional groups attached to an aromatic ring is 1. The SMILES string of the molecule is C[C@@H](/C=C/CCn1cc(C(CO)c2ccccc2)nn1)[C@]1(O)C(=O)N(Cc2ccc(NC(=O)c3ccc(N)cc3)cc2)c2ccc(Br)cc21. The van der Waals surface area contributed by atoms with Crippen LogP contribution < -0.4 is 16.0 Å². The normalized spacial score (nSPS) is 16.9. The highest BCUT2D eigenvalue weighted by molar-refractivity contribution is 9.10. The van der Waals surface area contributed by atoms with E-state index in [4.69, 9.17) is 5.73 Å². The number of nitrogens with one attached hydrogen (secondary N) is 1. The molecule has 2 amide bonds. The third kappa shape index (κ3) is 7.19. The Balaban J connectivity index is 1.11. The molecule has 1 unspecified atom stereocenters. The van der Waals surface area contributed by atoms with Crippen LogP contribution in [0.1, 0.15) is 52.0 Å². The van der Waals surface area contributed by atoms with E-state index in [2.05, 4.69) is 31.6 Å². The fourth-order valence-corrected chi connectivity index (χ4v) is 6.43. The summed E-state index contributed by atoms with van der Waals surface area (Å²) in [6.45, 7) is 2.54. The van der Waals surface area contributed by atoms with Gasteiger partial charge in [0.1, 0.15) is 0 Å². The summed E-state index contributed by atoms with van der Waals surface area (Å²) in [7, 11) is 0. The molecule has 0 saturated carbocycles. The standard InChI is InChI=1S/C38H37BrN6O4/c1-25(7-5-6-20-44-23-34(42-43-44)32(24-46)27-8-3-2-4-9-27)38(49)33-21-29(39)14-19-35(33)45(37(38)48)22-26-10-17-31(18-11-26)41-36(47)28-12-15-30(40)16-13-28/h2-5,7-19,21,23,25,32,46,49H,6,20,22,24,40H2,1H3,(H,41,47)/b7-5+/t25-,32?,38+/m0/s1. The van der Waals surface area contributed by atoms with Crippen LogP contribution in [0.5, 0.6) is 0 Å². The molecule has 2 heterocycles. The van der Waals surface area contributed by atoms with Crippen LogP contribution in [0.25, 0.3) is 0 Å². The summed E-state index contributed by atoms with van der Waals surface area (Å²) < 4.78 is 2.49. The number of anilines is 3. The molecule has 0 bridgehead atoms. The molecule has 1 aliphatic rings. The van der Waals surface area contributed by atoms with Gasteiger partial charge in [0.2, 0.25) is 0 Å². The highest BCUT2D eigenvalue weighted by atomic mass is 79.9. The van der Waals surface area contributed by atoms with Crippen molar-refractivity contribution in [2.45, 2.75) is 38.0 Å². The van der Waals surface area contributed by atoms with Gasteiger partial charge in [-0.3, -0.25) is 14.3 Å². The lowest BCUT2D eigenvalue weighted by molar-refractivity contribution is -0.139. The molecule has 5 N–H and O–H groups in total. The van der Waals surface area contributed by atoms with Crippen LogP contribution in [0, 0.1) is 5.92 Å². The van der Waals surface area contributed by atoms with E-state index in [1.165, 1.54) is 0 Å². The minimum Gasteiger partial charge on any atom is -0.399 e. The first-order valence-corrected chi connectivity index (χ1v) is 16.8. The van der Waals surface area contributed by atoms with Crippen LogP contribution in [0.3, 0.4) is 0 Å². The number of fused-ring (bicyclic) bond motifs is 1. The first-order valence-electron chi connectivity index (χ1n) is 16.0. The summed E-state index contributed by atoms with van der Waals surface area (Å²) in [6, 6.07) is 29.2. The first kappa shape index (κ1) is 33.8. The average molecular weight is 722 g/mol. The van der Waals surface area contributed by atoms with E-state index in [0.717, 1.165) is 15.6 Å². The maximum Gasteiger partial charge on any atom is 0.264 e. The minimum atomic E-state index is -1.77. The zero-order chi connectivity index (χ0) is 34.5. The molecule has 0 fully saturated rings. The molecule has 1 aliphatic heterocycles. The summed E-state index contributed by atoms with van der Waals surface area (Å²) in [5.41, 5.74) is 9.32. The zero-order valence-corrected chi connectivity index (χ0v) is 28.5. The van der Waals surface area contributed by atoms with Crippen LogP contribution in [0.15, 0.2) is 120 Å². The maximum absolute atomic E-state index is 14.0. The van der Waals surface area contributed by atoms with E-state index < -0.39 is 17.4 Å². The Bertz CT molecular complexity index is 1960. The predicted octanol–water partition coefficient (Wildman–Crippen LogP) is 6.02. The van der Waals surface area contributed by atoms with Crippen molar-refractivity contribution in [3.63, 3.8) is 0 Å². The smallest absolute Gasteiger partial charge is 0.264 e. The number of carbonyl (C=O) groups excluding carboxylic acids is 2. The van der Waals surface area contributed by atoms with Crippen LogP contribution >= 0.6 is 15.9 Å². The lowest BCUT2D eigenvalue weighted by Gasteiger charge is -2.27. The van der Waals surface area contributed by atoms with Gasteiger partial charge in [-0.2, -0.15) is 0 Å². The van der Waals surface area contributed by atoms with Crippen LogP contribution in [0.4, 0.5) is 17.1 Å². The van der Waals surface area contributed by atoms with E-state index in [-0.39, 0.29) is 25.0 Å². The molecule has 0 saturated heterocycles. The summed E-state index contributed by atoms with van der Waals surface area (Å²) in [4.78, 5) is 28.3. The molecule has 250 valence electrons. The number of halogens is 1. The number of aliphatic hydroxyl groups excluding tert-OH is 1. The van der Waals surface area contributed by atoms with Gasteiger partial charge in [-0.05, 0) is 72.1 Å². The van der Waals surface area contributed by atoms with Crippen molar-refractivity contribution in [2.75, 3.05) is 22.6 Å². The number of allylic oxidation sites excluding steroid dienone is 1. The largest absolute Gasteiger partial charge is 0.399 e. The molecule has 49 heavy (non-hydrogen) atoms. The fraction of sp³-hybridized carbons (Fsp3) is 0.211. The number of nitrogens with zero attached hydrogens (tertiary/aromatic N) is 4. The van der Waals surface area contributed by atoms with Gasteiger partial charge in [0.15, 0.2) is 5.60 Å². The predicted molar refractivity (Wildman–Crippen MR) is 193 cm³/mol. The van der Waals surface area contributed by atoms with E-state index in [1.54, 1.807) is 52.0 Å². The fourth-order valence-electron chi connectivity index (χ4n) is 6.07. The van der Waals surface area contributed by atoms with Gasteiger partial charge in [0.05, 0.1) is 30.5 Å². The summed E-state index contributed by atoms with van der Waals surface area (Å²) in [6.07, 6.45) is 6.24. The second kappa shape index (κ2) is 14.6. The molecule has 6 rings (SSSR count). The van der Waals surface area contributed by atoms with Crippen molar-refractivity contribution in [1.29, 1.82) is 0 Å². The number of nitrogens with two attached hydrogens (primary N) is 1. The Morgan fingerprint density at radius 1 is 1.04 bits per heavy atom. The summed E-state index contributed by atoms with van der Waals surface area (Å²) in [5, 5.41) is 33.4. The zero-order valence-electron chi connectivity index (χ0n) is 26.9. The highest BCUT2D eigenvalue weighted by Gasteiger charge is 2.52. The third-order valence-electron chi connectivity index (χ3n) is 8.86. The van der Waals surface area contributed by atoms with E-state index in [9.17, 15) is 19.8 Å². The molecule has 0 aliphatic carbocycles. The van der Waals surface area contributed by atoms with Crippen LogP contribution in [0.2, 0.25) is 0 Å². The van der Waals surface area contributed by atoms with Gasteiger partial charge in [-0.15, -0.1) is 5.10 Å². The third-order valence-corrected chi connectivity index (χ3v) is 9.36. The lowest BCUT2D eigenvalue weighted by Crippen LogP contribution is -2.44. The Morgan fingerprint density at radius 3 is 2.49 bits per heavy atom. The maximum atomic E-state index is 14.0. The van der Waals surface area contributed by atoms with Crippen molar-refractivity contribution >= 4 is 44.8 Å². The number of aryl methyl sites for hydroxylation is 1. The lowest BCUT2D eigenvalue weighted by atomic mass is 9.83. The minimum absolute atomic E-state index is 0.0732. The van der Waals surface area contributed by atoms with E-state index in [0.29, 0.717) is 46.8 Å². The topological polar surface area (TPSA) is 147 Å². The summed E-state index contributed by atoms with van der Waals surface area (Å²) >= 11 is 3.51. The number of hydrogen-bond donors (Lipinski definition) is 4. The molecule has 3 atom stereocenters. The van der Waals surface area contributed by atoms with Gasteiger partial charge in [-0.25, -0.2) is 0 Å². The summed E-state index contributed by atoms with van der Waals surface area (Å²) in [5.74, 6) is -1.45. The van der Waals surface area contributed by atoms with E-state index >= 15 is 0 Å². The number of aromatic nitrogens is 3. The molecule has 1 aromatic heterocycles. The number of carbonyl (C=O) groups is 2. The van der Waals surface area contributed by atoms with Gasteiger partial charge in [0, 0.05) is 45.6 Å². The number of amides is 2. The molecule has 0 spiro atoms. The average Bonchev–Trinajstić information content (AvgIpc) is 3.66. The Morgan fingerprint density at radius 2 is 1.78 bits per heavy atom. The number of rotatable bonds is 12. The van der Waals surface area contributed by atoms with Gasteiger partial charge >= 0.3 is 0 Å². The number of benzene rings is 4. The second-order valence-corrected chi connectivity index (χ2v) is 13.1. The van der Waals surface area contributed by atoms with E-state index in [1.807, 2.05) is 79.9 Å².